The van der Waals surface area contributed by atoms with Crippen molar-refractivity contribution in [2.45, 2.75) is 45.2 Å². The van der Waals surface area contributed by atoms with Crippen molar-refractivity contribution >= 4 is 27.7 Å². The maximum atomic E-state index is 13.3. The van der Waals surface area contributed by atoms with Crippen LogP contribution in [0.4, 0.5) is 0 Å². The van der Waals surface area contributed by atoms with Gasteiger partial charge in [-0.2, -0.15) is 5.10 Å². The van der Waals surface area contributed by atoms with Crippen molar-refractivity contribution in [1.29, 1.82) is 0 Å². The number of carbonyl (C=O) groups excluding carboxylic acids is 1. The zero-order valence-corrected chi connectivity index (χ0v) is 18.2. The van der Waals surface area contributed by atoms with Gasteiger partial charge in [0.2, 0.25) is 5.91 Å². The number of benzene rings is 2. The Bertz CT molecular complexity index is 1270. The van der Waals surface area contributed by atoms with Crippen LogP contribution in [0, 0.1) is 0 Å². The second kappa shape index (κ2) is 8.76. The molecule has 31 heavy (non-hydrogen) atoms. The maximum Gasteiger partial charge on any atom is 0.291 e. The Labute approximate surface area is 181 Å². The molecule has 0 fully saturated rings. The summed E-state index contributed by atoms with van der Waals surface area (Å²) in [5, 5.41) is 9.08. The molecule has 0 aliphatic rings. The lowest BCUT2D eigenvalue weighted by Gasteiger charge is -2.22. The molecule has 0 bridgehead atoms. The van der Waals surface area contributed by atoms with Crippen molar-refractivity contribution in [3.05, 3.63) is 76.7 Å². The molecule has 0 aliphatic heterocycles. The summed E-state index contributed by atoms with van der Waals surface area (Å²) in [6.45, 7) is 4.01. The van der Waals surface area contributed by atoms with Crippen LogP contribution in [0.1, 0.15) is 38.3 Å². The first-order valence-corrected chi connectivity index (χ1v) is 10.8. The normalized spacial score (nSPS) is 13.4. The first kappa shape index (κ1) is 20.8. The number of aromatic nitrogens is 3. The molecular weight excluding hydrogens is 388 g/mol. The molecule has 0 radical (unpaired) electrons. The molecule has 0 saturated heterocycles. The van der Waals surface area contributed by atoms with Crippen LogP contribution in [-0.2, 0) is 18.3 Å². The Morgan fingerprint density at radius 3 is 2.52 bits per heavy atom. The van der Waals surface area contributed by atoms with Crippen LogP contribution in [0.15, 0.2) is 65.6 Å². The van der Waals surface area contributed by atoms with E-state index in [-0.39, 0.29) is 17.5 Å². The topological polar surface area (TPSA) is 68.9 Å². The van der Waals surface area contributed by atoms with Gasteiger partial charge in [-0.3, -0.25) is 9.59 Å². The van der Waals surface area contributed by atoms with E-state index in [1.165, 1.54) is 10.2 Å². The summed E-state index contributed by atoms with van der Waals surface area (Å²) in [7, 11) is 1.64. The Balaban J connectivity index is 1.66. The third-order valence-electron chi connectivity index (χ3n) is 5.90. The second-order valence-corrected chi connectivity index (χ2v) is 8.08. The minimum Gasteiger partial charge on any atom is -0.352 e. The van der Waals surface area contributed by atoms with Gasteiger partial charge in [-0.25, -0.2) is 4.68 Å². The Morgan fingerprint density at radius 2 is 1.77 bits per heavy atom. The van der Waals surface area contributed by atoms with E-state index in [1.807, 2.05) is 60.9 Å². The fourth-order valence-corrected chi connectivity index (χ4v) is 4.24. The van der Waals surface area contributed by atoms with E-state index in [0.29, 0.717) is 11.9 Å². The van der Waals surface area contributed by atoms with Crippen molar-refractivity contribution in [3.63, 3.8) is 0 Å². The van der Waals surface area contributed by atoms with Crippen LogP contribution < -0.4 is 10.9 Å². The van der Waals surface area contributed by atoms with Crippen LogP contribution in [-0.4, -0.2) is 26.3 Å². The predicted molar refractivity (Wildman–Crippen MR) is 124 cm³/mol. The van der Waals surface area contributed by atoms with Gasteiger partial charge in [-0.1, -0.05) is 55.5 Å². The number of fused-ring (bicyclic) bond motifs is 3. The number of nitrogens with zero attached hydrogens (tertiary/aromatic N) is 3. The second-order valence-electron chi connectivity index (χ2n) is 8.08. The van der Waals surface area contributed by atoms with Crippen LogP contribution in [0.2, 0.25) is 0 Å². The summed E-state index contributed by atoms with van der Waals surface area (Å²) in [6.07, 6.45) is 4.05. The van der Waals surface area contributed by atoms with E-state index in [1.54, 1.807) is 13.2 Å². The summed E-state index contributed by atoms with van der Waals surface area (Å²) >= 11 is 0. The van der Waals surface area contributed by atoms with Crippen LogP contribution in [0.25, 0.3) is 21.8 Å². The van der Waals surface area contributed by atoms with Gasteiger partial charge in [0.05, 0.1) is 11.7 Å². The van der Waals surface area contributed by atoms with Gasteiger partial charge in [-0.05, 0) is 37.8 Å². The van der Waals surface area contributed by atoms with Crippen LogP contribution >= 0.6 is 0 Å². The molecule has 0 unspecified atom stereocenters. The number of amides is 1. The van der Waals surface area contributed by atoms with Crippen molar-refractivity contribution in [2.24, 2.45) is 7.05 Å². The maximum absolute atomic E-state index is 13.3. The molecule has 0 aliphatic carbocycles. The molecule has 4 aromatic rings. The SMILES string of the molecule is CC[C@H](C(=O)N[C@H](C)CCc1ccccc1)n1c2ccccc2c2cnn(C)c(=O)c21. The summed E-state index contributed by atoms with van der Waals surface area (Å²) < 4.78 is 3.22. The summed E-state index contributed by atoms with van der Waals surface area (Å²) in [4.78, 5) is 26.3. The average molecular weight is 417 g/mol. The highest BCUT2D eigenvalue weighted by molar-refractivity contribution is 6.08. The van der Waals surface area contributed by atoms with Crippen LogP contribution in [0.3, 0.4) is 0 Å². The predicted octanol–water partition coefficient (Wildman–Crippen LogP) is 3.98. The van der Waals surface area contributed by atoms with Crippen molar-refractivity contribution in [1.82, 2.24) is 19.7 Å². The van der Waals surface area contributed by atoms with Gasteiger partial charge < -0.3 is 9.88 Å². The van der Waals surface area contributed by atoms with E-state index >= 15 is 0 Å². The lowest BCUT2D eigenvalue weighted by atomic mass is 10.1. The number of carbonyl (C=O) groups is 1. The van der Waals surface area contributed by atoms with E-state index in [4.69, 9.17) is 0 Å². The molecule has 4 rings (SSSR count). The van der Waals surface area contributed by atoms with Gasteiger partial charge in [0.15, 0.2) is 0 Å². The molecule has 1 amide bonds. The highest BCUT2D eigenvalue weighted by Gasteiger charge is 2.26. The number of aryl methyl sites for hydroxylation is 2. The highest BCUT2D eigenvalue weighted by atomic mass is 16.2. The van der Waals surface area contributed by atoms with Gasteiger partial charge >= 0.3 is 0 Å². The first-order valence-electron chi connectivity index (χ1n) is 10.8. The monoisotopic (exact) mass is 416 g/mol. The molecular formula is C25H28N4O2. The van der Waals surface area contributed by atoms with Crippen molar-refractivity contribution in [2.75, 3.05) is 0 Å². The molecule has 0 saturated carbocycles. The van der Waals surface area contributed by atoms with Gasteiger partial charge in [0.1, 0.15) is 11.6 Å². The molecule has 2 heterocycles. The molecule has 160 valence electrons. The number of hydrogen-bond donors (Lipinski definition) is 1. The van der Waals surface area contributed by atoms with Crippen molar-refractivity contribution in [3.8, 4) is 0 Å². The van der Waals surface area contributed by atoms with Crippen molar-refractivity contribution < 1.29 is 4.79 Å². The minimum atomic E-state index is -0.475. The smallest absolute Gasteiger partial charge is 0.291 e. The Kier molecular flexibility index (Phi) is 5.89. The zero-order chi connectivity index (χ0) is 22.0. The van der Waals surface area contributed by atoms with Gasteiger partial charge in [0.25, 0.3) is 5.56 Å². The average Bonchev–Trinajstić information content (AvgIpc) is 3.11. The Morgan fingerprint density at radius 1 is 1.06 bits per heavy atom. The van der Waals surface area contributed by atoms with E-state index in [0.717, 1.165) is 29.1 Å². The zero-order valence-electron chi connectivity index (χ0n) is 18.2. The minimum absolute atomic E-state index is 0.0272. The number of nitrogens with one attached hydrogen (secondary N) is 1. The van der Waals surface area contributed by atoms with Crippen LogP contribution in [0.5, 0.6) is 0 Å². The summed E-state index contributed by atoms with van der Waals surface area (Å²) in [6, 6.07) is 17.6. The number of para-hydroxylation sites is 1. The lowest BCUT2D eigenvalue weighted by Crippen LogP contribution is -2.39. The number of rotatable bonds is 7. The fourth-order valence-electron chi connectivity index (χ4n) is 4.24. The largest absolute Gasteiger partial charge is 0.352 e. The first-order chi connectivity index (χ1) is 15.0. The quantitative estimate of drug-likeness (QED) is 0.496. The third-order valence-corrected chi connectivity index (χ3v) is 5.90. The fraction of sp³-hybridized carbons (Fsp3) is 0.320. The molecule has 6 heteroatoms. The molecule has 1 N–H and O–H groups in total. The molecule has 2 aromatic heterocycles. The third kappa shape index (κ3) is 3.98. The van der Waals surface area contributed by atoms with E-state index < -0.39 is 6.04 Å². The van der Waals surface area contributed by atoms with Gasteiger partial charge in [0, 0.05) is 23.9 Å². The Hall–Kier alpha value is -3.41. The molecule has 2 aromatic carbocycles. The van der Waals surface area contributed by atoms with E-state index in [9.17, 15) is 9.59 Å². The standard InChI is InChI=1S/C25H28N4O2/c1-4-21(24(30)27-17(2)14-15-18-10-6-5-7-11-18)29-22-13-9-8-12-19(22)20-16-26-28(3)25(31)23(20)29/h5-13,16-17,21H,4,14-15H2,1-3H3,(H,27,30)/t17-,21-/m1/s1. The molecule has 0 spiro atoms. The molecule has 6 nitrogen and oxygen atoms in total. The highest BCUT2D eigenvalue weighted by Crippen LogP contribution is 2.30. The summed E-state index contributed by atoms with van der Waals surface area (Å²) in [5.41, 5.74) is 2.46. The van der Waals surface area contributed by atoms with E-state index in [2.05, 4.69) is 22.5 Å². The van der Waals surface area contributed by atoms with Gasteiger partial charge in [-0.15, -0.1) is 0 Å². The molecule has 2 atom stereocenters. The summed E-state index contributed by atoms with van der Waals surface area (Å²) in [5.74, 6) is -0.0652. The lowest BCUT2D eigenvalue weighted by molar-refractivity contribution is -0.124. The number of hydrogen-bond acceptors (Lipinski definition) is 3.